The number of carbonyl (C=O) groups excluding carboxylic acids is 2. The lowest BCUT2D eigenvalue weighted by atomic mass is 9.77. The number of hydrogen-bond donors (Lipinski definition) is 2. The molecule has 3 N–H and O–H groups in total. The van der Waals surface area contributed by atoms with Gasteiger partial charge in [0.2, 0.25) is 11.8 Å². The van der Waals surface area contributed by atoms with Gasteiger partial charge in [-0.3, -0.25) is 19.3 Å². The lowest BCUT2D eigenvalue weighted by molar-refractivity contribution is -0.142. The molecule has 0 aliphatic heterocycles. The van der Waals surface area contributed by atoms with Crippen LogP contribution in [0.3, 0.4) is 0 Å². The number of hydrogen-bond acceptors (Lipinski definition) is 4. The van der Waals surface area contributed by atoms with Crippen LogP contribution in [-0.4, -0.2) is 26.6 Å². The molecule has 3 unspecified atom stereocenters. The van der Waals surface area contributed by atoms with Crippen LogP contribution in [0.4, 0.5) is 26.3 Å². The van der Waals surface area contributed by atoms with Gasteiger partial charge in [-0.25, -0.2) is 13.2 Å². The molecular formula is C31H29F6N5O2. The zero-order valence-corrected chi connectivity index (χ0v) is 23.5. The Hall–Kier alpha value is -4.42. The Balaban J connectivity index is 1.54. The maximum atomic E-state index is 16.7. The van der Waals surface area contributed by atoms with Crippen molar-refractivity contribution in [3.63, 3.8) is 0 Å². The summed E-state index contributed by atoms with van der Waals surface area (Å²) < 4.78 is 87.5. The molecule has 0 saturated carbocycles. The van der Waals surface area contributed by atoms with Crippen LogP contribution in [0.1, 0.15) is 65.5 Å². The number of rotatable bonds is 8. The first kappa shape index (κ1) is 31.0. The molecule has 2 heterocycles. The number of aromatic nitrogens is 3. The van der Waals surface area contributed by atoms with Gasteiger partial charge in [0.1, 0.15) is 18.2 Å². The number of allylic oxidation sites excluding steroid dienone is 3. The normalized spacial score (nSPS) is 22.0. The Kier molecular flexibility index (Phi) is 8.41. The number of nitrogens with zero attached hydrogens (tertiary/aromatic N) is 3. The number of benzene rings is 1. The van der Waals surface area contributed by atoms with Crippen LogP contribution in [0.2, 0.25) is 0 Å². The van der Waals surface area contributed by atoms with Crippen LogP contribution in [0.15, 0.2) is 60.8 Å². The Labute approximate surface area is 248 Å². The van der Waals surface area contributed by atoms with Crippen molar-refractivity contribution < 1.29 is 35.9 Å². The SMILES string of the molecule is CC1CCCc2c1c(C(F)(F)F)nn2CC(=O)N[C@@H](Cc1cc(F)cc(F)c1)c1ncccc1C1(F)C=CC=CC1C(N)=O. The topological polar surface area (TPSA) is 103 Å². The molecule has 0 radical (unpaired) electrons. The summed E-state index contributed by atoms with van der Waals surface area (Å²) in [5.41, 5.74) is 2.24. The standard InChI is InChI=1S/C31H29F6N5O2/c1-17-6-4-9-24-26(17)28(31(35,36)37)41-42(24)16-25(43)40-23(14-18-12-19(32)15-20(33)13-18)27-21(8-5-11-39-27)30(34)10-3-2-7-22(30)29(38)44/h2-3,5,7-8,10-13,15,17,22-23H,4,6,9,14,16H2,1H3,(H2,38,44)(H,40,43)/t17?,22?,23-,30?/m0/s1. The molecular weight excluding hydrogens is 588 g/mol. The Morgan fingerprint density at radius 2 is 1.91 bits per heavy atom. The molecule has 1 aromatic carbocycles. The highest BCUT2D eigenvalue weighted by Gasteiger charge is 2.45. The van der Waals surface area contributed by atoms with E-state index >= 15 is 4.39 Å². The fourth-order valence-corrected chi connectivity index (χ4v) is 6.10. The van der Waals surface area contributed by atoms with Crippen LogP contribution in [-0.2, 0) is 40.8 Å². The van der Waals surface area contributed by atoms with Crippen LogP contribution in [0.5, 0.6) is 0 Å². The minimum absolute atomic E-state index is 0.0596. The minimum atomic E-state index is -4.72. The first-order valence-corrected chi connectivity index (χ1v) is 14.0. The number of amides is 2. The van der Waals surface area contributed by atoms with Crippen molar-refractivity contribution in [1.29, 1.82) is 0 Å². The predicted octanol–water partition coefficient (Wildman–Crippen LogP) is 5.51. The van der Waals surface area contributed by atoms with E-state index in [4.69, 9.17) is 5.73 Å². The predicted molar refractivity (Wildman–Crippen MR) is 148 cm³/mol. The summed E-state index contributed by atoms with van der Waals surface area (Å²) in [5, 5.41) is 6.42. The summed E-state index contributed by atoms with van der Waals surface area (Å²) in [7, 11) is 0. The quantitative estimate of drug-likeness (QED) is 0.326. The number of pyridine rings is 1. The highest BCUT2D eigenvalue weighted by atomic mass is 19.4. The van der Waals surface area contributed by atoms with Crippen molar-refractivity contribution in [3.8, 4) is 0 Å². The molecule has 44 heavy (non-hydrogen) atoms. The number of primary amides is 1. The second-order valence-electron chi connectivity index (χ2n) is 11.1. The highest BCUT2D eigenvalue weighted by Crippen LogP contribution is 2.43. The van der Waals surface area contributed by atoms with Gasteiger partial charge in [-0.05, 0) is 61.4 Å². The summed E-state index contributed by atoms with van der Waals surface area (Å²) in [5.74, 6) is -5.38. The van der Waals surface area contributed by atoms with Crippen molar-refractivity contribution in [2.24, 2.45) is 11.7 Å². The molecule has 0 spiro atoms. The van der Waals surface area contributed by atoms with Crippen molar-refractivity contribution in [2.75, 3.05) is 0 Å². The highest BCUT2D eigenvalue weighted by molar-refractivity contribution is 5.81. The van der Waals surface area contributed by atoms with Gasteiger partial charge >= 0.3 is 6.18 Å². The largest absolute Gasteiger partial charge is 0.435 e. The van der Waals surface area contributed by atoms with Gasteiger partial charge in [-0.2, -0.15) is 18.3 Å². The van der Waals surface area contributed by atoms with E-state index in [-0.39, 0.29) is 28.8 Å². The zero-order chi connectivity index (χ0) is 31.8. The molecule has 2 amide bonds. The molecule has 232 valence electrons. The maximum Gasteiger partial charge on any atom is 0.435 e. The van der Waals surface area contributed by atoms with E-state index in [0.29, 0.717) is 31.0 Å². The molecule has 4 atom stereocenters. The third-order valence-electron chi connectivity index (χ3n) is 8.00. The fraction of sp³-hybridized carbons (Fsp3) is 0.355. The molecule has 0 bridgehead atoms. The van der Waals surface area contributed by atoms with Crippen LogP contribution in [0, 0.1) is 17.6 Å². The average molecular weight is 618 g/mol. The number of nitrogens with two attached hydrogens (primary N) is 1. The first-order chi connectivity index (χ1) is 20.8. The summed E-state index contributed by atoms with van der Waals surface area (Å²) in [6.45, 7) is 1.08. The average Bonchev–Trinajstić information content (AvgIpc) is 3.32. The Morgan fingerprint density at radius 1 is 1.18 bits per heavy atom. The second kappa shape index (κ2) is 11.9. The van der Waals surface area contributed by atoms with Crippen LogP contribution in [0.25, 0.3) is 0 Å². The summed E-state index contributed by atoms with van der Waals surface area (Å²) >= 11 is 0. The van der Waals surface area contributed by atoms with E-state index in [2.05, 4.69) is 15.4 Å². The van der Waals surface area contributed by atoms with Crippen molar-refractivity contribution >= 4 is 11.8 Å². The van der Waals surface area contributed by atoms with E-state index in [1.807, 2.05) is 0 Å². The van der Waals surface area contributed by atoms with Gasteiger partial charge in [0.05, 0.1) is 17.7 Å². The number of alkyl halides is 4. The molecule has 2 aliphatic carbocycles. The van der Waals surface area contributed by atoms with E-state index in [9.17, 15) is 31.5 Å². The Bertz CT molecular complexity index is 1630. The number of nitrogens with one attached hydrogen (secondary N) is 1. The lowest BCUT2D eigenvalue weighted by Gasteiger charge is -2.32. The van der Waals surface area contributed by atoms with Crippen LogP contribution < -0.4 is 11.1 Å². The minimum Gasteiger partial charge on any atom is -0.369 e. The van der Waals surface area contributed by atoms with Gasteiger partial charge in [0.15, 0.2) is 11.4 Å². The van der Waals surface area contributed by atoms with Crippen LogP contribution >= 0.6 is 0 Å². The molecule has 13 heteroatoms. The fourth-order valence-electron chi connectivity index (χ4n) is 6.10. The zero-order valence-electron chi connectivity index (χ0n) is 23.5. The molecule has 7 nitrogen and oxygen atoms in total. The molecule has 2 aliphatic rings. The molecule has 5 rings (SSSR count). The third kappa shape index (κ3) is 6.13. The molecule has 3 aromatic rings. The van der Waals surface area contributed by atoms with Crippen molar-refractivity contribution in [3.05, 3.63) is 106 Å². The van der Waals surface area contributed by atoms with Crippen molar-refractivity contribution in [1.82, 2.24) is 20.1 Å². The molecule has 2 aromatic heterocycles. The number of fused-ring (bicyclic) bond motifs is 1. The maximum absolute atomic E-state index is 16.7. The number of carbonyl (C=O) groups is 2. The van der Waals surface area contributed by atoms with E-state index in [1.54, 1.807) is 6.92 Å². The Morgan fingerprint density at radius 3 is 2.59 bits per heavy atom. The first-order valence-electron chi connectivity index (χ1n) is 14.0. The smallest absolute Gasteiger partial charge is 0.369 e. The van der Waals surface area contributed by atoms with Gasteiger partial charge in [0.25, 0.3) is 0 Å². The second-order valence-corrected chi connectivity index (χ2v) is 11.1. The van der Waals surface area contributed by atoms with E-state index in [0.717, 1.165) is 22.9 Å². The summed E-state index contributed by atoms with van der Waals surface area (Å²) in [4.78, 5) is 30.0. The van der Waals surface area contributed by atoms with Gasteiger partial charge in [-0.1, -0.05) is 31.2 Å². The van der Waals surface area contributed by atoms with Gasteiger partial charge < -0.3 is 11.1 Å². The van der Waals surface area contributed by atoms with Gasteiger partial charge in [-0.15, -0.1) is 0 Å². The summed E-state index contributed by atoms with van der Waals surface area (Å²) in [6, 6.07) is 4.28. The molecule has 0 fully saturated rings. The monoisotopic (exact) mass is 617 g/mol. The van der Waals surface area contributed by atoms with Gasteiger partial charge in [0, 0.05) is 29.1 Å². The lowest BCUT2D eigenvalue weighted by Crippen LogP contribution is -2.41. The van der Waals surface area contributed by atoms with E-state index in [1.165, 1.54) is 36.6 Å². The molecule has 0 saturated heterocycles. The summed E-state index contributed by atoms with van der Waals surface area (Å²) in [6.07, 6.45) is 3.03. The van der Waals surface area contributed by atoms with E-state index < -0.39 is 65.4 Å². The third-order valence-corrected chi connectivity index (χ3v) is 8.00. The van der Waals surface area contributed by atoms with Crippen molar-refractivity contribution in [2.45, 2.75) is 63.0 Å². The number of halogens is 6.